The largest absolute Gasteiger partial charge is 0.295 e. The van der Waals surface area contributed by atoms with Crippen molar-refractivity contribution in [2.75, 3.05) is 0 Å². The maximum atomic E-state index is 10.7. The molecular formula is C11H14O. The van der Waals surface area contributed by atoms with Crippen LogP contribution in [0.3, 0.4) is 0 Å². The molecule has 2 radical (unpaired) electrons. The molecule has 1 aliphatic carbocycles. The number of hydrogen-bond acceptors (Lipinski definition) is 1. The Morgan fingerprint density at radius 2 is 1.92 bits per heavy atom. The molecule has 0 unspecified atom stereocenters. The van der Waals surface area contributed by atoms with Gasteiger partial charge in [-0.1, -0.05) is 38.7 Å². The number of carbonyl (C=O) groups excluding carboxylic acids is 1. The summed E-state index contributed by atoms with van der Waals surface area (Å²) in [4.78, 5) is 10.7. The highest BCUT2D eigenvalue weighted by Gasteiger charge is 2.02. The third kappa shape index (κ3) is 3.33. The Kier molecular flexibility index (Phi) is 5.02. The van der Waals surface area contributed by atoms with Gasteiger partial charge in [0.05, 0.1) is 0 Å². The summed E-state index contributed by atoms with van der Waals surface area (Å²) >= 11 is 0. The standard InChI is InChI=1S/C9H9O.C2H5/c1-7-3-5-9(6-4-7)8(2)10;1-2/h3-6H,1H2,2H3;1H2,2H3. The maximum Gasteiger partial charge on any atom is 0.159 e. The Morgan fingerprint density at radius 3 is 2.25 bits per heavy atom. The minimum absolute atomic E-state index is 0.0972. The van der Waals surface area contributed by atoms with Gasteiger partial charge in [-0.05, 0) is 12.5 Å². The van der Waals surface area contributed by atoms with Crippen LogP contribution in [0, 0.1) is 13.3 Å². The summed E-state index contributed by atoms with van der Waals surface area (Å²) < 4.78 is 0. The molecule has 12 heavy (non-hydrogen) atoms. The van der Waals surface area contributed by atoms with E-state index in [-0.39, 0.29) is 5.78 Å². The van der Waals surface area contributed by atoms with E-state index in [4.69, 9.17) is 0 Å². The fourth-order valence-electron chi connectivity index (χ4n) is 0.739. The molecule has 64 valence electrons. The minimum Gasteiger partial charge on any atom is -0.295 e. The predicted molar refractivity (Wildman–Crippen MR) is 52.4 cm³/mol. The summed E-state index contributed by atoms with van der Waals surface area (Å²) in [6.45, 7) is 10.3. The van der Waals surface area contributed by atoms with Gasteiger partial charge in [-0.3, -0.25) is 4.79 Å². The average Bonchev–Trinajstić information content (AvgIpc) is 2.09. The molecule has 0 N–H and O–H groups in total. The molecule has 1 nitrogen and oxygen atoms in total. The molecule has 0 amide bonds. The molecule has 0 saturated heterocycles. The van der Waals surface area contributed by atoms with Gasteiger partial charge in [0.1, 0.15) is 0 Å². The van der Waals surface area contributed by atoms with Crippen molar-refractivity contribution >= 4 is 5.78 Å². The number of hydrogen-bond donors (Lipinski definition) is 0. The molecule has 0 fully saturated rings. The SMILES string of the molecule is C=C1[CH]C=C(C(C)=O)C=C1.[CH2]C. The average molecular weight is 162 g/mol. The van der Waals surface area contributed by atoms with E-state index in [1.807, 2.05) is 12.5 Å². The topological polar surface area (TPSA) is 17.1 Å². The number of ketones is 1. The van der Waals surface area contributed by atoms with Gasteiger partial charge in [0.25, 0.3) is 0 Å². The molecule has 0 spiro atoms. The van der Waals surface area contributed by atoms with Crippen molar-refractivity contribution in [2.24, 2.45) is 0 Å². The van der Waals surface area contributed by atoms with Gasteiger partial charge in [0, 0.05) is 12.0 Å². The Balaban J connectivity index is 0.000000561. The van der Waals surface area contributed by atoms with E-state index >= 15 is 0 Å². The van der Waals surface area contributed by atoms with Gasteiger partial charge in [0.2, 0.25) is 0 Å². The van der Waals surface area contributed by atoms with Crippen LogP contribution in [-0.4, -0.2) is 5.78 Å². The molecule has 0 aromatic rings. The first kappa shape index (κ1) is 10.9. The van der Waals surface area contributed by atoms with Crippen LogP contribution in [0.2, 0.25) is 0 Å². The molecule has 1 rings (SSSR count). The van der Waals surface area contributed by atoms with Crippen LogP contribution >= 0.6 is 0 Å². The highest BCUT2D eigenvalue weighted by Crippen LogP contribution is 2.12. The summed E-state index contributed by atoms with van der Waals surface area (Å²) in [6, 6.07) is 0. The lowest BCUT2D eigenvalue weighted by Crippen LogP contribution is -1.96. The van der Waals surface area contributed by atoms with E-state index in [9.17, 15) is 4.79 Å². The van der Waals surface area contributed by atoms with E-state index in [2.05, 4.69) is 13.5 Å². The van der Waals surface area contributed by atoms with Gasteiger partial charge in [-0.15, -0.1) is 0 Å². The second-order valence-corrected chi connectivity index (χ2v) is 2.25. The van der Waals surface area contributed by atoms with Gasteiger partial charge in [-0.2, -0.15) is 0 Å². The summed E-state index contributed by atoms with van der Waals surface area (Å²) in [5.41, 5.74) is 1.68. The lowest BCUT2D eigenvalue weighted by Gasteiger charge is -2.03. The second kappa shape index (κ2) is 5.53. The van der Waals surface area contributed by atoms with Gasteiger partial charge >= 0.3 is 0 Å². The normalized spacial score (nSPS) is 14.6. The van der Waals surface area contributed by atoms with Crippen LogP contribution in [0.25, 0.3) is 0 Å². The second-order valence-electron chi connectivity index (χ2n) is 2.25. The van der Waals surface area contributed by atoms with Crippen LogP contribution in [-0.2, 0) is 4.79 Å². The third-order valence-corrected chi connectivity index (χ3v) is 1.36. The lowest BCUT2D eigenvalue weighted by atomic mass is 10.0. The zero-order chi connectivity index (χ0) is 9.56. The van der Waals surface area contributed by atoms with Crippen molar-refractivity contribution in [2.45, 2.75) is 13.8 Å². The smallest absolute Gasteiger partial charge is 0.159 e. The molecule has 1 heteroatoms. The van der Waals surface area contributed by atoms with E-state index in [0.717, 1.165) is 11.1 Å². The summed E-state index contributed by atoms with van der Waals surface area (Å²) in [5.74, 6) is 0.0972. The third-order valence-electron chi connectivity index (χ3n) is 1.36. The number of Topliss-reactive ketones (excluding diaryl/α,β-unsaturated/α-hetero) is 1. The number of carbonyl (C=O) groups is 1. The molecule has 0 saturated carbocycles. The van der Waals surface area contributed by atoms with Crippen LogP contribution in [0.1, 0.15) is 13.8 Å². The van der Waals surface area contributed by atoms with E-state index < -0.39 is 0 Å². The predicted octanol–water partition coefficient (Wildman–Crippen LogP) is 2.67. The maximum absolute atomic E-state index is 10.7. The first-order chi connectivity index (χ1) is 5.70. The molecule has 0 aliphatic heterocycles. The molecule has 0 heterocycles. The quantitative estimate of drug-likeness (QED) is 0.579. The lowest BCUT2D eigenvalue weighted by molar-refractivity contribution is -0.113. The van der Waals surface area contributed by atoms with Crippen LogP contribution < -0.4 is 0 Å². The van der Waals surface area contributed by atoms with Gasteiger partial charge in [-0.25, -0.2) is 0 Å². The Labute approximate surface area is 74.5 Å². The fourth-order valence-corrected chi connectivity index (χ4v) is 0.739. The van der Waals surface area contributed by atoms with Crippen molar-refractivity contribution in [3.8, 4) is 0 Å². The van der Waals surface area contributed by atoms with Crippen molar-refractivity contribution in [3.05, 3.63) is 49.3 Å². The first-order valence-electron chi connectivity index (χ1n) is 3.84. The zero-order valence-electron chi connectivity index (χ0n) is 7.63. The van der Waals surface area contributed by atoms with Crippen LogP contribution in [0.15, 0.2) is 36.0 Å². The Bertz CT molecular complexity index is 231. The molecule has 0 aromatic carbocycles. The summed E-state index contributed by atoms with van der Waals surface area (Å²) in [6.07, 6.45) is 7.22. The molecular weight excluding hydrogens is 148 g/mol. The van der Waals surface area contributed by atoms with E-state index in [1.165, 1.54) is 0 Å². The monoisotopic (exact) mass is 162 g/mol. The summed E-state index contributed by atoms with van der Waals surface area (Å²) in [7, 11) is 0. The van der Waals surface area contributed by atoms with Crippen molar-refractivity contribution < 1.29 is 4.79 Å². The molecule has 0 atom stereocenters. The van der Waals surface area contributed by atoms with Gasteiger partial charge < -0.3 is 0 Å². The Hall–Kier alpha value is -1.11. The number of allylic oxidation sites excluding steroid dienone is 5. The van der Waals surface area contributed by atoms with Crippen LogP contribution in [0.4, 0.5) is 0 Å². The van der Waals surface area contributed by atoms with Crippen molar-refractivity contribution in [1.29, 1.82) is 0 Å². The van der Waals surface area contributed by atoms with Gasteiger partial charge in [0.15, 0.2) is 5.78 Å². The minimum atomic E-state index is 0.0972. The molecule has 0 bridgehead atoms. The van der Waals surface area contributed by atoms with E-state index in [0.29, 0.717) is 0 Å². The zero-order valence-corrected chi connectivity index (χ0v) is 7.63. The highest BCUT2D eigenvalue weighted by atomic mass is 16.1. The fraction of sp³-hybridized carbons (Fsp3) is 0.182. The summed E-state index contributed by atoms with van der Waals surface area (Å²) in [5, 5.41) is 0. The van der Waals surface area contributed by atoms with E-state index in [1.54, 1.807) is 26.0 Å². The highest BCUT2D eigenvalue weighted by molar-refractivity contribution is 5.96. The number of rotatable bonds is 1. The molecule has 1 aliphatic rings. The van der Waals surface area contributed by atoms with Crippen molar-refractivity contribution in [3.63, 3.8) is 0 Å². The molecule has 0 aromatic heterocycles. The first-order valence-corrected chi connectivity index (χ1v) is 3.84. The van der Waals surface area contributed by atoms with Crippen LogP contribution in [0.5, 0.6) is 0 Å². The Morgan fingerprint density at radius 1 is 1.33 bits per heavy atom. The van der Waals surface area contributed by atoms with Crippen molar-refractivity contribution in [1.82, 2.24) is 0 Å².